The van der Waals surface area contributed by atoms with Gasteiger partial charge in [0.2, 0.25) is 5.91 Å². The van der Waals surface area contributed by atoms with Crippen LogP contribution in [0.1, 0.15) is 18.4 Å². The van der Waals surface area contributed by atoms with E-state index in [4.69, 9.17) is 5.84 Å². The van der Waals surface area contributed by atoms with Crippen LogP contribution in [0, 0.1) is 6.92 Å². The van der Waals surface area contributed by atoms with E-state index in [1.807, 2.05) is 18.7 Å². The van der Waals surface area contributed by atoms with Crippen molar-refractivity contribution >= 4 is 11.7 Å². The Morgan fingerprint density at radius 2 is 2.22 bits per heavy atom. The van der Waals surface area contributed by atoms with Gasteiger partial charge in [-0.3, -0.25) is 9.69 Å². The van der Waals surface area contributed by atoms with Crippen LogP contribution in [0.4, 0.5) is 5.82 Å². The average Bonchev–Trinajstić information content (AvgIpc) is 2.36. The number of likely N-dealkylation sites (N-methyl/N-ethyl adjacent to an activating group) is 2. The van der Waals surface area contributed by atoms with Crippen LogP contribution in [0.25, 0.3) is 0 Å². The lowest BCUT2D eigenvalue weighted by Crippen LogP contribution is -2.35. The summed E-state index contributed by atoms with van der Waals surface area (Å²) in [4.78, 5) is 21.9. The van der Waals surface area contributed by atoms with Crippen LogP contribution >= 0.6 is 0 Å². The number of hydrogen-bond donors (Lipinski definition) is 3. The summed E-state index contributed by atoms with van der Waals surface area (Å²) in [7, 11) is 1.62. The maximum absolute atomic E-state index is 11.3. The normalized spacial score (nSPS) is 10.5. The summed E-state index contributed by atoms with van der Waals surface area (Å²) in [6.07, 6.45) is 0. The molecule has 0 radical (unpaired) electrons. The van der Waals surface area contributed by atoms with E-state index in [0.29, 0.717) is 24.7 Å². The third-order valence-electron chi connectivity index (χ3n) is 2.51. The number of carbonyl (C=O) groups excluding carboxylic acids is 1. The minimum Gasteiger partial charge on any atom is -0.358 e. The van der Waals surface area contributed by atoms with Crippen LogP contribution in [-0.2, 0) is 11.3 Å². The van der Waals surface area contributed by atoms with Gasteiger partial charge in [0.05, 0.1) is 13.1 Å². The Hall–Kier alpha value is -1.73. The van der Waals surface area contributed by atoms with Crippen molar-refractivity contribution in [1.82, 2.24) is 20.2 Å². The molecule has 0 aliphatic carbocycles. The Morgan fingerprint density at radius 3 is 2.78 bits per heavy atom. The first-order valence-corrected chi connectivity index (χ1v) is 5.83. The Labute approximate surface area is 107 Å². The fraction of sp³-hybridized carbons (Fsp3) is 0.545. The van der Waals surface area contributed by atoms with Gasteiger partial charge in [0.1, 0.15) is 11.6 Å². The number of hydrogen-bond acceptors (Lipinski definition) is 6. The van der Waals surface area contributed by atoms with Crippen molar-refractivity contribution in [1.29, 1.82) is 0 Å². The number of nitrogens with one attached hydrogen (secondary N) is 2. The lowest BCUT2D eigenvalue weighted by molar-refractivity contribution is -0.121. The molecule has 7 nitrogen and oxygen atoms in total. The molecule has 4 N–H and O–H groups in total. The first-order valence-electron chi connectivity index (χ1n) is 5.83. The second-order valence-electron chi connectivity index (χ2n) is 3.93. The highest BCUT2D eigenvalue weighted by atomic mass is 16.1. The minimum absolute atomic E-state index is 0.0262. The van der Waals surface area contributed by atoms with Crippen molar-refractivity contribution in [2.75, 3.05) is 25.6 Å². The topological polar surface area (TPSA) is 96.2 Å². The average molecular weight is 252 g/mol. The van der Waals surface area contributed by atoms with Gasteiger partial charge in [0.25, 0.3) is 0 Å². The van der Waals surface area contributed by atoms with E-state index in [0.717, 1.165) is 12.2 Å². The van der Waals surface area contributed by atoms with E-state index in [1.165, 1.54) is 0 Å². The molecule has 7 heteroatoms. The number of aromatic nitrogens is 2. The van der Waals surface area contributed by atoms with Crippen LogP contribution in [0.3, 0.4) is 0 Å². The molecule has 0 spiro atoms. The summed E-state index contributed by atoms with van der Waals surface area (Å²) in [6.45, 7) is 5.45. The number of anilines is 1. The standard InChI is InChI=1S/C11H20N6O/c1-4-17(7-11(18)13-3)6-10-14-8(2)5-9(15-10)16-12/h5H,4,6-7,12H2,1-3H3,(H,13,18)(H,14,15,16). The van der Waals surface area contributed by atoms with Crippen molar-refractivity contribution in [2.45, 2.75) is 20.4 Å². The number of carbonyl (C=O) groups is 1. The smallest absolute Gasteiger partial charge is 0.233 e. The predicted molar refractivity (Wildman–Crippen MR) is 69.6 cm³/mol. The quantitative estimate of drug-likeness (QED) is 0.472. The fourth-order valence-electron chi connectivity index (χ4n) is 1.54. The maximum atomic E-state index is 11.3. The minimum atomic E-state index is -0.0262. The fourth-order valence-corrected chi connectivity index (χ4v) is 1.54. The first-order chi connectivity index (χ1) is 8.58. The van der Waals surface area contributed by atoms with Gasteiger partial charge in [0.15, 0.2) is 0 Å². The van der Waals surface area contributed by atoms with Crippen LogP contribution in [0.15, 0.2) is 6.07 Å². The molecule has 18 heavy (non-hydrogen) atoms. The number of aryl methyl sites for hydroxylation is 1. The van der Waals surface area contributed by atoms with Gasteiger partial charge in [-0.25, -0.2) is 15.8 Å². The number of nitrogens with zero attached hydrogens (tertiary/aromatic N) is 3. The Morgan fingerprint density at radius 1 is 1.50 bits per heavy atom. The highest BCUT2D eigenvalue weighted by Crippen LogP contribution is 2.06. The molecule has 1 rings (SSSR count). The van der Waals surface area contributed by atoms with E-state index in [2.05, 4.69) is 20.7 Å². The summed E-state index contributed by atoms with van der Waals surface area (Å²) >= 11 is 0. The molecule has 0 atom stereocenters. The predicted octanol–water partition coefficient (Wildman–Crippen LogP) is -0.361. The summed E-state index contributed by atoms with van der Waals surface area (Å²) in [5.41, 5.74) is 3.34. The molecule has 0 bridgehead atoms. The van der Waals surface area contributed by atoms with Gasteiger partial charge in [-0.1, -0.05) is 6.92 Å². The molecule has 1 heterocycles. The third-order valence-corrected chi connectivity index (χ3v) is 2.51. The van der Waals surface area contributed by atoms with E-state index in [1.54, 1.807) is 13.1 Å². The summed E-state index contributed by atoms with van der Waals surface area (Å²) in [5, 5.41) is 2.60. The van der Waals surface area contributed by atoms with Crippen LogP contribution in [0.5, 0.6) is 0 Å². The zero-order valence-electron chi connectivity index (χ0n) is 11.0. The molecular formula is C11H20N6O. The molecule has 0 aliphatic heterocycles. The molecule has 1 aromatic heterocycles. The summed E-state index contributed by atoms with van der Waals surface area (Å²) in [6, 6.07) is 1.76. The Balaban J connectivity index is 2.74. The van der Waals surface area contributed by atoms with Gasteiger partial charge >= 0.3 is 0 Å². The monoisotopic (exact) mass is 252 g/mol. The largest absolute Gasteiger partial charge is 0.358 e. The summed E-state index contributed by atoms with van der Waals surface area (Å²) in [5.74, 6) is 6.53. The van der Waals surface area contributed by atoms with E-state index < -0.39 is 0 Å². The second-order valence-corrected chi connectivity index (χ2v) is 3.93. The maximum Gasteiger partial charge on any atom is 0.233 e. The highest BCUT2D eigenvalue weighted by molar-refractivity contribution is 5.77. The van der Waals surface area contributed by atoms with Gasteiger partial charge < -0.3 is 10.7 Å². The molecule has 0 fully saturated rings. The van der Waals surface area contributed by atoms with Gasteiger partial charge in [-0.2, -0.15) is 0 Å². The lowest BCUT2D eigenvalue weighted by atomic mass is 10.3. The molecule has 1 amide bonds. The number of nitrogens with two attached hydrogens (primary N) is 1. The van der Waals surface area contributed by atoms with Crippen molar-refractivity contribution in [2.24, 2.45) is 5.84 Å². The van der Waals surface area contributed by atoms with Crippen molar-refractivity contribution < 1.29 is 4.79 Å². The first kappa shape index (κ1) is 14.3. The van der Waals surface area contributed by atoms with Gasteiger partial charge in [-0.05, 0) is 13.5 Å². The molecular weight excluding hydrogens is 232 g/mol. The number of rotatable bonds is 6. The molecule has 0 aliphatic rings. The number of hydrazine groups is 1. The van der Waals surface area contributed by atoms with Crippen molar-refractivity contribution in [3.8, 4) is 0 Å². The lowest BCUT2D eigenvalue weighted by Gasteiger charge is -2.18. The zero-order chi connectivity index (χ0) is 13.5. The van der Waals surface area contributed by atoms with Crippen LogP contribution < -0.4 is 16.6 Å². The molecule has 0 unspecified atom stereocenters. The molecule has 0 saturated heterocycles. The molecule has 1 aromatic rings. The second kappa shape index (κ2) is 6.87. The molecule has 0 saturated carbocycles. The van der Waals surface area contributed by atoms with Crippen LogP contribution in [-0.4, -0.2) is 40.9 Å². The van der Waals surface area contributed by atoms with Crippen molar-refractivity contribution in [3.05, 3.63) is 17.6 Å². The highest BCUT2D eigenvalue weighted by Gasteiger charge is 2.10. The molecule has 0 aromatic carbocycles. The van der Waals surface area contributed by atoms with Crippen LogP contribution in [0.2, 0.25) is 0 Å². The van der Waals surface area contributed by atoms with Crippen molar-refractivity contribution in [3.63, 3.8) is 0 Å². The Bertz CT molecular complexity index is 409. The number of nitrogen functional groups attached to an aromatic ring is 1. The van der Waals surface area contributed by atoms with E-state index in [9.17, 15) is 4.79 Å². The summed E-state index contributed by atoms with van der Waals surface area (Å²) < 4.78 is 0. The SMILES string of the molecule is CCN(CC(=O)NC)Cc1nc(C)cc(NN)n1. The third kappa shape index (κ3) is 4.27. The Kier molecular flexibility index (Phi) is 5.47. The van der Waals surface area contributed by atoms with E-state index >= 15 is 0 Å². The van der Waals surface area contributed by atoms with Gasteiger partial charge in [0, 0.05) is 18.8 Å². The number of amides is 1. The molecule has 100 valence electrons. The van der Waals surface area contributed by atoms with Gasteiger partial charge in [-0.15, -0.1) is 0 Å². The van der Waals surface area contributed by atoms with E-state index in [-0.39, 0.29) is 5.91 Å². The zero-order valence-corrected chi connectivity index (χ0v) is 11.0.